The molecule has 22 heavy (non-hydrogen) atoms. The Kier molecular flexibility index (Phi) is 4.20. The Morgan fingerprint density at radius 3 is 2.77 bits per heavy atom. The van der Waals surface area contributed by atoms with E-state index in [0.29, 0.717) is 6.54 Å². The monoisotopic (exact) mass is 313 g/mol. The number of hydrogen-bond donors (Lipinski definition) is 1. The Morgan fingerprint density at radius 2 is 2.09 bits per heavy atom. The van der Waals surface area contributed by atoms with E-state index in [1.54, 1.807) is 41.4 Å². The summed E-state index contributed by atoms with van der Waals surface area (Å²) in [5, 5.41) is 15.8. The second-order valence-corrected chi connectivity index (χ2v) is 5.34. The van der Waals surface area contributed by atoms with Gasteiger partial charge in [-0.2, -0.15) is 5.10 Å². The van der Waals surface area contributed by atoms with Gasteiger partial charge in [-0.15, -0.1) is 11.3 Å². The topological polar surface area (TPSA) is 63.0 Å². The molecule has 3 aromatic rings. The van der Waals surface area contributed by atoms with Crippen LogP contribution in [0.25, 0.3) is 11.5 Å². The van der Waals surface area contributed by atoms with Crippen molar-refractivity contribution >= 4 is 17.6 Å². The minimum absolute atomic E-state index is 0.235. The molecule has 2 heterocycles. The van der Waals surface area contributed by atoms with Crippen molar-refractivity contribution in [3.8, 4) is 17.2 Å². The lowest BCUT2D eigenvalue weighted by molar-refractivity contribution is 0.475. The van der Waals surface area contributed by atoms with Gasteiger partial charge in [0.2, 0.25) is 4.80 Å². The SMILES string of the molecule is CCN=c1scc(-c2ccco2)n1/N=C/c1ccc(O)cc1. The predicted octanol–water partition coefficient (Wildman–Crippen LogP) is 3.32. The first kappa shape index (κ1) is 14.3. The quantitative estimate of drug-likeness (QED) is 0.751. The summed E-state index contributed by atoms with van der Waals surface area (Å²) in [6.45, 7) is 2.67. The normalized spacial score (nSPS) is 12.3. The molecule has 6 heteroatoms. The molecule has 5 nitrogen and oxygen atoms in total. The van der Waals surface area contributed by atoms with E-state index in [9.17, 15) is 5.11 Å². The molecule has 1 aromatic carbocycles. The van der Waals surface area contributed by atoms with Crippen LogP contribution in [0, 0.1) is 0 Å². The van der Waals surface area contributed by atoms with E-state index in [0.717, 1.165) is 21.8 Å². The molecule has 0 atom stereocenters. The lowest BCUT2D eigenvalue weighted by Gasteiger charge is -2.00. The van der Waals surface area contributed by atoms with Crippen molar-refractivity contribution < 1.29 is 9.52 Å². The number of benzene rings is 1. The van der Waals surface area contributed by atoms with Gasteiger partial charge in [0, 0.05) is 11.9 Å². The molecule has 0 unspecified atom stereocenters. The Morgan fingerprint density at radius 1 is 1.27 bits per heavy atom. The van der Waals surface area contributed by atoms with Gasteiger partial charge in [-0.1, -0.05) is 0 Å². The smallest absolute Gasteiger partial charge is 0.206 e. The molecule has 0 bridgehead atoms. The highest BCUT2D eigenvalue weighted by molar-refractivity contribution is 7.07. The second-order valence-electron chi connectivity index (χ2n) is 4.50. The zero-order valence-electron chi connectivity index (χ0n) is 12.0. The minimum Gasteiger partial charge on any atom is -0.508 e. The average Bonchev–Trinajstić information content (AvgIpc) is 3.16. The van der Waals surface area contributed by atoms with Crippen LogP contribution in [0.15, 0.2) is 62.6 Å². The van der Waals surface area contributed by atoms with Crippen molar-refractivity contribution in [3.63, 3.8) is 0 Å². The summed E-state index contributed by atoms with van der Waals surface area (Å²) in [4.78, 5) is 5.26. The maximum absolute atomic E-state index is 9.32. The number of aromatic hydroxyl groups is 1. The molecule has 0 aliphatic heterocycles. The maximum atomic E-state index is 9.32. The Labute approximate surface area is 131 Å². The summed E-state index contributed by atoms with van der Waals surface area (Å²) in [6.07, 6.45) is 3.37. The van der Waals surface area contributed by atoms with E-state index in [4.69, 9.17) is 4.42 Å². The van der Waals surface area contributed by atoms with Gasteiger partial charge in [-0.05, 0) is 48.9 Å². The number of rotatable bonds is 4. The van der Waals surface area contributed by atoms with Crippen LogP contribution in [0.1, 0.15) is 12.5 Å². The van der Waals surface area contributed by atoms with Crippen LogP contribution in [0.3, 0.4) is 0 Å². The van der Waals surface area contributed by atoms with E-state index in [-0.39, 0.29) is 5.75 Å². The van der Waals surface area contributed by atoms with Gasteiger partial charge in [0.25, 0.3) is 0 Å². The van der Waals surface area contributed by atoms with Crippen LogP contribution < -0.4 is 4.80 Å². The molecule has 0 amide bonds. The van der Waals surface area contributed by atoms with E-state index >= 15 is 0 Å². The van der Waals surface area contributed by atoms with Crippen molar-refractivity contribution in [2.24, 2.45) is 10.1 Å². The van der Waals surface area contributed by atoms with Gasteiger partial charge in [0.05, 0.1) is 12.5 Å². The molecule has 0 saturated carbocycles. The molecule has 112 valence electrons. The first-order valence-electron chi connectivity index (χ1n) is 6.86. The number of thiazole rings is 1. The third-order valence-electron chi connectivity index (χ3n) is 2.97. The standard InChI is InChI=1S/C16H15N3O2S/c1-2-17-16-19(14(11-22-16)15-4-3-9-21-15)18-10-12-5-7-13(20)8-6-12/h3-11,20H,2H2,1H3/b17-16?,18-10+. The molecule has 1 N–H and O–H groups in total. The van der Waals surface area contributed by atoms with Crippen molar-refractivity contribution in [3.05, 3.63) is 58.4 Å². The predicted molar refractivity (Wildman–Crippen MR) is 87.2 cm³/mol. The van der Waals surface area contributed by atoms with Crippen molar-refractivity contribution in [2.75, 3.05) is 6.54 Å². The van der Waals surface area contributed by atoms with Gasteiger partial charge >= 0.3 is 0 Å². The number of hydrogen-bond acceptors (Lipinski definition) is 5. The van der Waals surface area contributed by atoms with E-state index in [1.807, 2.05) is 24.4 Å². The third kappa shape index (κ3) is 3.01. The fourth-order valence-corrected chi connectivity index (χ4v) is 2.82. The molecular weight excluding hydrogens is 298 g/mol. The fraction of sp³-hybridized carbons (Fsp3) is 0.125. The number of nitrogens with zero attached hydrogens (tertiary/aromatic N) is 3. The zero-order chi connectivity index (χ0) is 15.4. The van der Waals surface area contributed by atoms with Gasteiger partial charge < -0.3 is 9.52 Å². The van der Waals surface area contributed by atoms with E-state index in [1.165, 1.54) is 11.3 Å². The van der Waals surface area contributed by atoms with Crippen LogP contribution in [0.4, 0.5) is 0 Å². The lowest BCUT2D eigenvalue weighted by atomic mass is 10.2. The zero-order valence-corrected chi connectivity index (χ0v) is 12.8. The molecule has 0 fully saturated rings. The molecule has 0 radical (unpaired) electrons. The van der Waals surface area contributed by atoms with Gasteiger partial charge in [-0.3, -0.25) is 4.99 Å². The number of phenolic OH excluding ortho intramolecular Hbond substituents is 1. The highest BCUT2D eigenvalue weighted by Crippen LogP contribution is 2.20. The number of furan rings is 1. The van der Waals surface area contributed by atoms with Gasteiger partial charge in [0.1, 0.15) is 11.4 Å². The van der Waals surface area contributed by atoms with Gasteiger partial charge in [-0.25, -0.2) is 4.68 Å². The van der Waals surface area contributed by atoms with Crippen LogP contribution >= 0.6 is 11.3 Å². The second kappa shape index (κ2) is 6.44. The van der Waals surface area contributed by atoms with Crippen LogP contribution in [0.5, 0.6) is 5.75 Å². The molecule has 0 aliphatic carbocycles. The van der Waals surface area contributed by atoms with Crippen LogP contribution in [-0.2, 0) is 0 Å². The Bertz CT molecular complexity index is 827. The highest BCUT2D eigenvalue weighted by Gasteiger charge is 2.09. The maximum Gasteiger partial charge on any atom is 0.206 e. The highest BCUT2D eigenvalue weighted by atomic mass is 32.1. The van der Waals surface area contributed by atoms with Gasteiger partial charge in [0.15, 0.2) is 5.76 Å². The molecule has 3 rings (SSSR count). The van der Waals surface area contributed by atoms with Crippen LogP contribution in [0.2, 0.25) is 0 Å². The minimum atomic E-state index is 0.235. The molecular formula is C16H15N3O2S. The van der Waals surface area contributed by atoms with E-state index < -0.39 is 0 Å². The van der Waals surface area contributed by atoms with Crippen molar-refractivity contribution in [1.29, 1.82) is 0 Å². The van der Waals surface area contributed by atoms with Crippen molar-refractivity contribution in [1.82, 2.24) is 4.68 Å². The molecule has 0 saturated heterocycles. The summed E-state index contributed by atoms with van der Waals surface area (Å²) in [5.41, 5.74) is 1.75. The molecule has 0 aliphatic rings. The van der Waals surface area contributed by atoms with Crippen LogP contribution in [-0.4, -0.2) is 22.5 Å². The summed E-state index contributed by atoms with van der Waals surface area (Å²) < 4.78 is 7.22. The first-order chi connectivity index (χ1) is 10.8. The molecule has 0 spiro atoms. The lowest BCUT2D eigenvalue weighted by Crippen LogP contribution is -2.12. The Hall–Kier alpha value is -2.60. The average molecular weight is 313 g/mol. The summed E-state index contributed by atoms with van der Waals surface area (Å²) in [6, 6.07) is 10.6. The summed E-state index contributed by atoms with van der Waals surface area (Å²) >= 11 is 1.52. The number of aromatic nitrogens is 1. The summed E-state index contributed by atoms with van der Waals surface area (Å²) in [5.74, 6) is 0.981. The van der Waals surface area contributed by atoms with Crippen molar-refractivity contribution in [2.45, 2.75) is 6.92 Å². The van der Waals surface area contributed by atoms with E-state index in [2.05, 4.69) is 10.1 Å². The largest absolute Gasteiger partial charge is 0.508 e. The number of phenols is 1. The fourth-order valence-electron chi connectivity index (χ4n) is 1.93. The first-order valence-corrected chi connectivity index (χ1v) is 7.74. The summed E-state index contributed by atoms with van der Waals surface area (Å²) in [7, 11) is 0. The molecule has 2 aromatic heterocycles. The Balaban J connectivity index is 2.03. The third-order valence-corrected chi connectivity index (χ3v) is 3.82.